The number of hydrogen-bond acceptors (Lipinski definition) is 4. The summed E-state index contributed by atoms with van der Waals surface area (Å²) in [6.07, 6.45) is 1.36. The van der Waals surface area contributed by atoms with Gasteiger partial charge in [0, 0.05) is 24.0 Å². The van der Waals surface area contributed by atoms with Gasteiger partial charge in [-0.2, -0.15) is 5.26 Å². The van der Waals surface area contributed by atoms with Gasteiger partial charge in [0.2, 0.25) is 0 Å². The number of anilines is 1. The highest BCUT2D eigenvalue weighted by molar-refractivity contribution is 6.33. The average molecular weight is 264 g/mol. The fraction of sp³-hybridized carbons (Fsp3) is 0. The molecule has 6 heteroatoms. The van der Waals surface area contributed by atoms with E-state index in [1.807, 2.05) is 6.07 Å². The summed E-state index contributed by atoms with van der Waals surface area (Å²) >= 11 is 5.89. The second kappa shape index (κ2) is 4.90. The summed E-state index contributed by atoms with van der Waals surface area (Å²) < 4.78 is 18.8. The van der Waals surface area contributed by atoms with Gasteiger partial charge in [-0.15, -0.1) is 0 Å². The summed E-state index contributed by atoms with van der Waals surface area (Å²) in [7, 11) is 0. The van der Waals surface area contributed by atoms with Crippen LogP contribution in [-0.2, 0) is 0 Å². The lowest BCUT2D eigenvalue weighted by Crippen LogP contribution is -1.93. The zero-order chi connectivity index (χ0) is 13.1. The molecule has 0 aliphatic carbocycles. The van der Waals surface area contributed by atoms with Crippen molar-refractivity contribution in [3.63, 3.8) is 0 Å². The predicted molar refractivity (Wildman–Crippen MR) is 64.8 cm³/mol. The topological polar surface area (TPSA) is 71.9 Å². The molecule has 0 spiro atoms. The number of benzene rings is 1. The van der Waals surface area contributed by atoms with Crippen LogP contribution < -0.4 is 10.5 Å². The van der Waals surface area contributed by atoms with E-state index < -0.39 is 5.82 Å². The number of nitrogens with zero attached hydrogens (tertiary/aromatic N) is 2. The molecule has 0 atom stereocenters. The minimum atomic E-state index is -0.610. The average Bonchev–Trinajstić information content (AvgIpc) is 2.35. The van der Waals surface area contributed by atoms with E-state index in [2.05, 4.69) is 4.98 Å². The lowest BCUT2D eigenvalue weighted by molar-refractivity contribution is 0.442. The van der Waals surface area contributed by atoms with E-state index in [-0.39, 0.29) is 22.2 Å². The molecule has 0 fully saturated rings. The molecule has 18 heavy (non-hydrogen) atoms. The van der Waals surface area contributed by atoms with Gasteiger partial charge in [-0.3, -0.25) is 0 Å². The van der Waals surface area contributed by atoms with Crippen LogP contribution in [0.4, 0.5) is 10.1 Å². The number of nitrogen functional groups attached to an aromatic ring is 1. The largest absolute Gasteiger partial charge is 0.453 e. The molecule has 0 saturated carbocycles. The Morgan fingerprint density at radius 3 is 2.78 bits per heavy atom. The van der Waals surface area contributed by atoms with Crippen molar-refractivity contribution in [1.82, 2.24) is 4.98 Å². The smallest absolute Gasteiger partial charge is 0.167 e. The minimum absolute atomic E-state index is 0.0185. The lowest BCUT2D eigenvalue weighted by Gasteiger charge is -2.08. The SMILES string of the molecule is N#Cc1nccc(Oc2ccc(N)cc2F)c1Cl. The third-order valence-corrected chi connectivity index (χ3v) is 2.50. The predicted octanol–water partition coefficient (Wildman–Crippen LogP) is 3.12. The second-order valence-electron chi connectivity index (χ2n) is 3.38. The first-order valence-electron chi connectivity index (χ1n) is 4.89. The molecule has 0 saturated heterocycles. The number of rotatable bonds is 2. The van der Waals surface area contributed by atoms with E-state index in [4.69, 9.17) is 27.3 Å². The van der Waals surface area contributed by atoms with E-state index in [0.29, 0.717) is 5.69 Å². The Bertz CT molecular complexity index is 640. The Morgan fingerprint density at radius 2 is 2.11 bits per heavy atom. The van der Waals surface area contributed by atoms with Gasteiger partial charge in [-0.25, -0.2) is 9.37 Å². The maximum atomic E-state index is 13.5. The Balaban J connectivity index is 2.38. The highest BCUT2D eigenvalue weighted by Crippen LogP contribution is 2.32. The van der Waals surface area contributed by atoms with Crippen molar-refractivity contribution in [2.45, 2.75) is 0 Å². The fourth-order valence-corrected chi connectivity index (χ4v) is 1.49. The molecular weight excluding hydrogens is 257 g/mol. The van der Waals surface area contributed by atoms with Crippen LogP contribution in [0.15, 0.2) is 30.5 Å². The number of hydrogen-bond donors (Lipinski definition) is 1. The molecule has 1 aromatic carbocycles. The molecule has 0 amide bonds. The number of pyridine rings is 1. The molecule has 1 heterocycles. The van der Waals surface area contributed by atoms with Crippen molar-refractivity contribution in [1.29, 1.82) is 5.26 Å². The first kappa shape index (κ1) is 12.1. The summed E-state index contributed by atoms with van der Waals surface area (Å²) in [4.78, 5) is 3.75. The number of nitrogens with two attached hydrogens (primary N) is 1. The summed E-state index contributed by atoms with van der Waals surface area (Å²) in [5.74, 6) is -0.477. The van der Waals surface area contributed by atoms with E-state index >= 15 is 0 Å². The zero-order valence-corrected chi connectivity index (χ0v) is 9.78. The Hall–Kier alpha value is -2.32. The van der Waals surface area contributed by atoms with E-state index in [1.165, 1.54) is 24.4 Å². The van der Waals surface area contributed by atoms with Crippen molar-refractivity contribution in [3.05, 3.63) is 47.0 Å². The van der Waals surface area contributed by atoms with Gasteiger partial charge in [0.05, 0.1) is 0 Å². The summed E-state index contributed by atoms with van der Waals surface area (Å²) in [6, 6.07) is 7.27. The van der Waals surface area contributed by atoms with E-state index in [9.17, 15) is 4.39 Å². The number of ether oxygens (including phenoxy) is 1. The highest BCUT2D eigenvalue weighted by Gasteiger charge is 2.11. The zero-order valence-electron chi connectivity index (χ0n) is 9.02. The van der Waals surface area contributed by atoms with Crippen molar-refractivity contribution >= 4 is 17.3 Å². The van der Waals surface area contributed by atoms with Gasteiger partial charge in [-0.1, -0.05) is 11.6 Å². The number of aromatic nitrogens is 1. The second-order valence-corrected chi connectivity index (χ2v) is 3.75. The third-order valence-electron chi connectivity index (χ3n) is 2.14. The van der Waals surface area contributed by atoms with Crippen LogP contribution in [-0.4, -0.2) is 4.98 Å². The van der Waals surface area contributed by atoms with Gasteiger partial charge in [0.1, 0.15) is 11.1 Å². The first-order chi connectivity index (χ1) is 8.61. The highest BCUT2D eigenvalue weighted by atomic mass is 35.5. The Labute approximate surface area is 107 Å². The molecule has 0 bridgehead atoms. The molecule has 0 aliphatic rings. The molecule has 0 unspecified atom stereocenters. The molecule has 1 aromatic heterocycles. The van der Waals surface area contributed by atoms with Crippen molar-refractivity contribution in [2.24, 2.45) is 0 Å². The normalized spacial score (nSPS) is 9.83. The lowest BCUT2D eigenvalue weighted by atomic mass is 10.3. The molecule has 2 N–H and O–H groups in total. The van der Waals surface area contributed by atoms with Crippen LogP contribution in [0.3, 0.4) is 0 Å². The summed E-state index contributed by atoms with van der Waals surface area (Å²) in [6.45, 7) is 0. The van der Waals surface area contributed by atoms with E-state index in [0.717, 1.165) is 6.07 Å². The van der Waals surface area contributed by atoms with Crippen molar-refractivity contribution < 1.29 is 9.13 Å². The van der Waals surface area contributed by atoms with Crippen LogP contribution in [0.2, 0.25) is 5.02 Å². The molecule has 2 aromatic rings. The van der Waals surface area contributed by atoms with Gasteiger partial charge in [0.25, 0.3) is 0 Å². The molecule has 2 rings (SSSR count). The van der Waals surface area contributed by atoms with Gasteiger partial charge in [0.15, 0.2) is 23.0 Å². The summed E-state index contributed by atoms with van der Waals surface area (Å²) in [5, 5.41) is 8.80. The summed E-state index contributed by atoms with van der Waals surface area (Å²) in [5.41, 5.74) is 5.73. The number of nitriles is 1. The quantitative estimate of drug-likeness (QED) is 0.845. The first-order valence-corrected chi connectivity index (χ1v) is 5.27. The van der Waals surface area contributed by atoms with Crippen LogP contribution in [0.5, 0.6) is 11.5 Å². The van der Waals surface area contributed by atoms with Crippen molar-refractivity contribution in [3.8, 4) is 17.6 Å². The van der Waals surface area contributed by atoms with Crippen molar-refractivity contribution in [2.75, 3.05) is 5.73 Å². The molecule has 4 nitrogen and oxygen atoms in total. The molecule has 90 valence electrons. The maximum Gasteiger partial charge on any atom is 0.167 e. The Kier molecular flexibility index (Phi) is 3.31. The fourth-order valence-electron chi connectivity index (χ4n) is 1.30. The van der Waals surface area contributed by atoms with Crippen LogP contribution in [0.1, 0.15) is 5.69 Å². The standard InChI is InChI=1S/C12H7ClFN3O/c13-12-9(6-15)17-4-3-11(12)18-10-2-1-7(16)5-8(10)14/h1-5H,16H2. The van der Waals surface area contributed by atoms with Gasteiger partial charge < -0.3 is 10.5 Å². The molecular formula is C12H7ClFN3O. The van der Waals surface area contributed by atoms with Gasteiger partial charge >= 0.3 is 0 Å². The van der Waals surface area contributed by atoms with Crippen LogP contribution in [0, 0.1) is 17.1 Å². The molecule has 0 aliphatic heterocycles. The van der Waals surface area contributed by atoms with Crippen LogP contribution in [0.25, 0.3) is 0 Å². The maximum absolute atomic E-state index is 13.5. The van der Waals surface area contributed by atoms with Gasteiger partial charge in [-0.05, 0) is 12.1 Å². The van der Waals surface area contributed by atoms with E-state index in [1.54, 1.807) is 0 Å². The van der Waals surface area contributed by atoms with Crippen LogP contribution >= 0.6 is 11.6 Å². The minimum Gasteiger partial charge on any atom is -0.453 e. The Morgan fingerprint density at radius 1 is 1.33 bits per heavy atom. The molecule has 0 radical (unpaired) electrons. The third kappa shape index (κ3) is 2.34. The number of halogens is 2. The monoisotopic (exact) mass is 263 g/mol.